The van der Waals surface area contributed by atoms with E-state index in [-0.39, 0.29) is 0 Å². The average molecular weight is 458 g/mol. The third-order valence-corrected chi connectivity index (χ3v) is 4.90. The van der Waals surface area contributed by atoms with E-state index in [9.17, 15) is 4.79 Å². The Kier molecular flexibility index (Phi) is 6.58. The van der Waals surface area contributed by atoms with E-state index in [1.807, 2.05) is 75.4 Å². The second-order valence-electron chi connectivity index (χ2n) is 8.68. The molecule has 0 aliphatic heterocycles. The maximum Gasteiger partial charge on any atom is 0.412 e. The van der Waals surface area contributed by atoms with E-state index in [1.165, 1.54) is 0 Å². The molecule has 0 aliphatic carbocycles. The van der Waals surface area contributed by atoms with Gasteiger partial charge in [0.1, 0.15) is 11.4 Å². The SMILES string of the molecule is COc1ccc2cc(-c3ccnc(NCc4ccccn4)n3)cc(NC(=O)OC(C)(C)C)c2c1. The normalized spacial score (nSPS) is 11.2. The Balaban J connectivity index is 1.68. The van der Waals surface area contributed by atoms with Crippen molar-refractivity contribution in [1.82, 2.24) is 15.0 Å². The van der Waals surface area contributed by atoms with Crippen LogP contribution in [0.5, 0.6) is 5.75 Å². The van der Waals surface area contributed by atoms with Crippen molar-refractivity contribution < 1.29 is 14.3 Å². The first-order valence-electron chi connectivity index (χ1n) is 10.9. The van der Waals surface area contributed by atoms with Gasteiger partial charge in [0.25, 0.3) is 0 Å². The Morgan fingerprint density at radius 1 is 1.00 bits per heavy atom. The summed E-state index contributed by atoms with van der Waals surface area (Å²) in [7, 11) is 1.61. The minimum Gasteiger partial charge on any atom is -0.497 e. The molecule has 2 aromatic carbocycles. The van der Waals surface area contributed by atoms with Gasteiger partial charge in [-0.15, -0.1) is 0 Å². The number of nitrogens with zero attached hydrogens (tertiary/aromatic N) is 3. The molecule has 0 radical (unpaired) electrons. The zero-order valence-electron chi connectivity index (χ0n) is 19.6. The van der Waals surface area contributed by atoms with Crippen LogP contribution in [0.15, 0.2) is 67.0 Å². The highest BCUT2D eigenvalue weighted by molar-refractivity contribution is 6.03. The molecule has 0 fully saturated rings. The molecule has 0 unspecified atom stereocenters. The number of anilines is 2. The molecule has 2 heterocycles. The van der Waals surface area contributed by atoms with Crippen LogP contribution in [0.1, 0.15) is 26.5 Å². The van der Waals surface area contributed by atoms with Crippen LogP contribution >= 0.6 is 0 Å². The fraction of sp³-hybridized carbons (Fsp3) is 0.231. The van der Waals surface area contributed by atoms with E-state index in [4.69, 9.17) is 9.47 Å². The smallest absolute Gasteiger partial charge is 0.412 e. The molecule has 0 bridgehead atoms. The number of fused-ring (bicyclic) bond motifs is 1. The summed E-state index contributed by atoms with van der Waals surface area (Å²) < 4.78 is 10.8. The highest BCUT2D eigenvalue weighted by Gasteiger charge is 2.18. The summed E-state index contributed by atoms with van der Waals surface area (Å²) in [5.74, 6) is 1.18. The topological polar surface area (TPSA) is 98.3 Å². The molecule has 8 nitrogen and oxygen atoms in total. The van der Waals surface area contributed by atoms with E-state index >= 15 is 0 Å². The molecule has 8 heteroatoms. The van der Waals surface area contributed by atoms with Gasteiger partial charge in [-0.1, -0.05) is 12.1 Å². The predicted molar refractivity (Wildman–Crippen MR) is 133 cm³/mol. The van der Waals surface area contributed by atoms with Crippen molar-refractivity contribution in [2.24, 2.45) is 0 Å². The molecule has 4 rings (SSSR count). The number of aromatic nitrogens is 3. The second-order valence-corrected chi connectivity index (χ2v) is 8.68. The zero-order valence-corrected chi connectivity index (χ0v) is 19.6. The van der Waals surface area contributed by atoms with Crippen LogP contribution in [0.3, 0.4) is 0 Å². The molecule has 2 aromatic heterocycles. The monoisotopic (exact) mass is 457 g/mol. The second kappa shape index (κ2) is 9.74. The van der Waals surface area contributed by atoms with Gasteiger partial charge in [0.15, 0.2) is 0 Å². The van der Waals surface area contributed by atoms with E-state index in [1.54, 1.807) is 19.5 Å². The quantitative estimate of drug-likeness (QED) is 0.385. The number of nitrogens with one attached hydrogen (secondary N) is 2. The van der Waals surface area contributed by atoms with Crippen molar-refractivity contribution in [2.75, 3.05) is 17.7 Å². The standard InChI is InChI=1S/C26H27N5O3/c1-26(2,3)34-25(32)31-23-14-18(13-17-8-9-20(33-4)15-21(17)23)22-10-12-28-24(30-22)29-16-19-7-5-6-11-27-19/h5-15H,16H2,1-4H3,(H,31,32)(H,28,29,30). The minimum absolute atomic E-state index is 0.486. The third-order valence-electron chi connectivity index (χ3n) is 4.90. The van der Waals surface area contributed by atoms with Crippen molar-refractivity contribution in [3.63, 3.8) is 0 Å². The number of ether oxygens (including phenoxy) is 2. The summed E-state index contributed by atoms with van der Waals surface area (Å²) in [6.07, 6.45) is 2.91. The Bertz CT molecular complexity index is 1300. The number of carbonyl (C=O) groups is 1. The van der Waals surface area contributed by atoms with Crippen LogP contribution in [0.2, 0.25) is 0 Å². The highest BCUT2D eigenvalue weighted by Crippen LogP contribution is 2.33. The highest BCUT2D eigenvalue weighted by atomic mass is 16.6. The molecule has 174 valence electrons. The van der Waals surface area contributed by atoms with Gasteiger partial charge in [-0.25, -0.2) is 14.8 Å². The Morgan fingerprint density at radius 2 is 1.85 bits per heavy atom. The van der Waals surface area contributed by atoms with E-state index < -0.39 is 11.7 Å². The lowest BCUT2D eigenvalue weighted by atomic mass is 10.0. The summed E-state index contributed by atoms with van der Waals surface area (Å²) in [5, 5.41) is 7.84. The summed E-state index contributed by atoms with van der Waals surface area (Å²) in [4.78, 5) is 25.8. The molecule has 0 spiro atoms. The van der Waals surface area contributed by atoms with Gasteiger partial charge in [0.05, 0.1) is 30.7 Å². The number of rotatable bonds is 6. The molecule has 0 aliphatic rings. The number of carbonyl (C=O) groups excluding carboxylic acids is 1. The Morgan fingerprint density at radius 3 is 2.59 bits per heavy atom. The van der Waals surface area contributed by atoms with Crippen LogP contribution in [-0.4, -0.2) is 33.8 Å². The van der Waals surface area contributed by atoms with E-state index in [0.717, 1.165) is 22.0 Å². The molecule has 1 amide bonds. The average Bonchev–Trinajstić information content (AvgIpc) is 2.82. The van der Waals surface area contributed by atoms with Gasteiger partial charge in [0.2, 0.25) is 5.95 Å². The van der Waals surface area contributed by atoms with Gasteiger partial charge < -0.3 is 14.8 Å². The lowest BCUT2D eigenvalue weighted by Gasteiger charge is -2.20. The fourth-order valence-electron chi connectivity index (χ4n) is 3.41. The van der Waals surface area contributed by atoms with Crippen molar-refractivity contribution in [3.05, 3.63) is 72.7 Å². The van der Waals surface area contributed by atoms with Gasteiger partial charge >= 0.3 is 6.09 Å². The maximum absolute atomic E-state index is 12.5. The summed E-state index contributed by atoms with van der Waals surface area (Å²) >= 11 is 0. The van der Waals surface area contributed by atoms with Gasteiger partial charge in [-0.2, -0.15) is 0 Å². The lowest BCUT2D eigenvalue weighted by Crippen LogP contribution is -2.27. The number of methoxy groups -OCH3 is 1. The molecular formula is C26H27N5O3. The van der Waals surface area contributed by atoms with Gasteiger partial charge in [0, 0.05) is 23.3 Å². The number of hydrogen-bond donors (Lipinski definition) is 2. The Labute approximate surface area is 198 Å². The fourth-order valence-corrected chi connectivity index (χ4v) is 3.41. The van der Waals surface area contributed by atoms with Crippen molar-refractivity contribution >= 4 is 28.5 Å². The first kappa shape index (κ1) is 23.0. The zero-order chi connectivity index (χ0) is 24.1. The molecule has 0 saturated carbocycles. The van der Waals surface area contributed by atoms with E-state index in [0.29, 0.717) is 29.6 Å². The van der Waals surface area contributed by atoms with Crippen LogP contribution in [0, 0.1) is 0 Å². The predicted octanol–water partition coefficient (Wildman–Crippen LogP) is 5.66. The van der Waals surface area contributed by atoms with E-state index in [2.05, 4.69) is 25.6 Å². The van der Waals surface area contributed by atoms with Crippen LogP contribution < -0.4 is 15.4 Å². The van der Waals surface area contributed by atoms with Crippen LogP contribution in [0.4, 0.5) is 16.4 Å². The van der Waals surface area contributed by atoms with Crippen LogP contribution in [-0.2, 0) is 11.3 Å². The van der Waals surface area contributed by atoms with Crippen molar-refractivity contribution in [3.8, 4) is 17.0 Å². The molecule has 4 aromatic rings. The molecule has 2 N–H and O–H groups in total. The summed E-state index contributed by atoms with van der Waals surface area (Å²) in [6, 6.07) is 17.2. The number of hydrogen-bond acceptors (Lipinski definition) is 7. The third kappa shape index (κ3) is 5.78. The summed E-state index contributed by atoms with van der Waals surface area (Å²) in [6.45, 7) is 5.98. The lowest BCUT2D eigenvalue weighted by molar-refractivity contribution is 0.0636. The molecular weight excluding hydrogens is 430 g/mol. The molecule has 0 atom stereocenters. The van der Waals surface area contributed by atoms with Crippen LogP contribution in [0.25, 0.3) is 22.0 Å². The largest absolute Gasteiger partial charge is 0.497 e. The van der Waals surface area contributed by atoms with Crippen molar-refractivity contribution in [1.29, 1.82) is 0 Å². The van der Waals surface area contributed by atoms with Crippen molar-refractivity contribution in [2.45, 2.75) is 32.9 Å². The summed E-state index contributed by atoms with van der Waals surface area (Å²) in [5.41, 5.74) is 2.41. The number of benzene rings is 2. The molecule has 34 heavy (non-hydrogen) atoms. The number of amides is 1. The van der Waals surface area contributed by atoms with Gasteiger partial charge in [-0.05, 0) is 68.6 Å². The first-order valence-corrected chi connectivity index (χ1v) is 10.9. The minimum atomic E-state index is -0.615. The first-order chi connectivity index (χ1) is 16.3. The number of pyridine rings is 1. The Hall–Kier alpha value is -4.20. The van der Waals surface area contributed by atoms with Gasteiger partial charge in [-0.3, -0.25) is 10.3 Å². The molecule has 0 saturated heterocycles. The maximum atomic E-state index is 12.5.